The molecule has 2 aliphatic heterocycles. The number of aliphatic hydroxyl groups excluding tert-OH is 2. The van der Waals surface area contributed by atoms with Gasteiger partial charge in [0.15, 0.2) is 0 Å². The molecule has 5 atom stereocenters. The number of aliphatic hydroxyl groups is 2. The molecule has 6 rings (SSSR count). The third-order valence-electron chi connectivity index (χ3n) is 8.79. The van der Waals surface area contributed by atoms with E-state index in [-0.39, 0.29) is 42.8 Å². The third-order valence-corrected chi connectivity index (χ3v) is 8.79. The summed E-state index contributed by atoms with van der Waals surface area (Å²) in [7, 11) is 6.18. The predicted molar refractivity (Wildman–Crippen MR) is 140 cm³/mol. The van der Waals surface area contributed by atoms with E-state index in [9.17, 15) is 19.4 Å². The summed E-state index contributed by atoms with van der Waals surface area (Å²) < 4.78 is 16.9. The van der Waals surface area contributed by atoms with Crippen LogP contribution < -0.4 is 0 Å². The number of para-hydroxylation sites is 1. The van der Waals surface area contributed by atoms with E-state index in [0.29, 0.717) is 5.56 Å². The number of nitrogens with zero attached hydrogens (tertiary/aromatic N) is 4. The van der Waals surface area contributed by atoms with Gasteiger partial charge in [-0.15, -0.1) is 0 Å². The first kappa shape index (κ1) is 24.6. The van der Waals surface area contributed by atoms with E-state index < -0.39 is 12.2 Å². The van der Waals surface area contributed by atoms with Crippen molar-refractivity contribution in [3.8, 4) is 0 Å². The fraction of sp³-hybridized carbons (Fsp3) is 0.483. The van der Waals surface area contributed by atoms with E-state index in [1.165, 1.54) is 10.5 Å². The number of fused-ring (bicyclic) bond motifs is 2. The van der Waals surface area contributed by atoms with Gasteiger partial charge in [0, 0.05) is 68.4 Å². The Morgan fingerprint density at radius 3 is 2.49 bits per heavy atom. The minimum atomic E-state index is -0.914. The Hall–Kier alpha value is -2.78. The number of benzene rings is 2. The molecule has 2 fully saturated rings. The summed E-state index contributed by atoms with van der Waals surface area (Å²) in [4.78, 5) is 19.7. The van der Waals surface area contributed by atoms with Gasteiger partial charge in [-0.05, 0) is 50.2 Å². The van der Waals surface area contributed by atoms with Gasteiger partial charge in [-0.1, -0.05) is 24.3 Å². The highest BCUT2D eigenvalue weighted by Crippen LogP contribution is 2.44. The molecule has 3 heterocycles. The van der Waals surface area contributed by atoms with Gasteiger partial charge in [0.05, 0.1) is 23.3 Å². The molecule has 1 amide bonds. The molecule has 0 saturated carbocycles. The van der Waals surface area contributed by atoms with Crippen molar-refractivity contribution in [3.63, 3.8) is 0 Å². The molecule has 196 valence electrons. The summed E-state index contributed by atoms with van der Waals surface area (Å²) in [6.07, 6.45) is 2.16. The second-order valence-corrected chi connectivity index (χ2v) is 11.2. The summed E-state index contributed by atoms with van der Waals surface area (Å²) in [6.45, 7) is 1.94. The van der Waals surface area contributed by atoms with Crippen LogP contribution in [0.2, 0.25) is 0 Å². The van der Waals surface area contributed by atoms with Crippen molar-refractivity contribution >= 4 is 16.8 Å². The van der Waals surface area contributed by atoms with E-state index >= 15 is 0 Å². The van der Waals surface area contributed by atoms with Crippen LogP contribution in [0.5, 0.6) is 0 Å². The smallest absolute Gasteiger partial charge is 0.256 e. The quantitative estimate of drug-likeness (QED) is 0.569. The van der Waals surface area contributed by atoms with E-state index in [1.54, 1.807) is 6.07 Å². The van der Waals surface area contributed by atoms with E-state index in [1.807, 2.05) is 29.8 Å². The molecule has 1 aliphatic carbocycles. The minimum Gasteiger partial charge on any atom is -0.388 e. The Bertz CT molecular complexity index is 1340. The van der Waals surface area contributed by atoms with Crippen LogP contribution in [0.4, 0.5) is 4.39 Å². The van der Waals surface area contributed by atoms with Gasteiger partial charge >= 0.3 is 0 Å². The normalized spacial score (nSPS) is 28.1. The van der Waals surface area contributed by atoms with Crippen LogP contribution in [-0.4, -0.2) is 93.9 Å². The highest BCUT2D eigenvalue weighted by Gasteiger charge is 2.42. The molecule has 1 unspecified atom stereocenters. The molecule has 0 radical (unpaired) electrons. The van der Waals surface area contributed by atoms with E-state index in [0.717, 1.165) is 48.0 Å². The van der Waals surface area contributed by atoms with Gasteiger partial charge in [-0.25, -0.2) is 4.39 Å². The topological polar surface area (TPSA) is 72.2 Å². The van der Waals surface area contributed by atoms with Crippen molar-refractivity contribution in [2.24, 2.45) is 7.05 Å². The summed E-state index contributed by atoms with van der Waals surface area (Å²) in [6, 6.07) is 11.6. The summed E-state index contributed by atoms with van der Waals surface area (Å²) in [5, 5.41) is 21.0. The second-order valence-electron chi connectivity index (χ2n) is 11.2. The highest BCUT2D eigenvalue weighted by atomic mass is 19.1. The van der Waals surface area contributed by atoms with Gasteiger partial charge in [-0.3, -0.25) is 9.69 Å². The number of carbonyl (C=O) groups is 1. The van der Waals surface area contributed by atoms with Crippen molar-refractivity contribution in [3.05, 3.63) is 70.7 Å². The molecule has 3 aromatic rings. The summed E-state index contributed by atoms with van der Waals surface area (Å²) in [5.41, 5.74) is 4.63. The molecule has 2 N–H and O–H groups in total. The average molecular weight is 507 g/mol. The molecule has 2 saturated heterocycles. The molecule has 0 bridgehead atoms. The van der Waals surface area contributed by atoms with Crippen LogP contribution in [0.25, 0.3) is 10.9 Å². The standard InChI is InChI=1S/C29H35FN4O3/c1-31(2)24-14-33(23-11-10-17-6-4-9-22(30)27(17)23)13-21(24)20-12-32(3)28-18(20)7-5-8-19(28)29(37)34-15-25(35)26(36)16-34/h4-9,12,21,23-26,35-36H,10-11,13-16H2,1-3H3/t21-,23?,24+,25+,26+/m1/s1. The lowest BCUT2D eigenvalue weighted by atomic mass is 9.92. The number of β-amino-alcohol motifs (C(OH)–C–C–N with tert-alkyl or cyclic N) is 2. The first-order valence-corrected chi connectivity index (χ1v) is 13.2. The van der Waals surface area contributed by atoms with Crippen molar-refractivity contribution in [2.45, 2.75) is 43.1 Å². The predicted octanol–water partition coefficient (Wildman–Crippen LogP) is 2.51. The molecular weight excluding hydrogens is 471 g/mol. The van der Waals surface area contributed by atoms with Crippen LogP contribution in [0.15, 0.2) is 42.6 Å². The zero-order valence-corrected chi connectivity index (χ0v) is 21.6. The minimum absolute atomic E-state index is 0.0868. The molecular formula is C29H35FN4O3. The number of likely N-dealkylation sites (tertiary alicyclic amines) is 2. The maximum absolute atomic E-state index is 14.9. The number of carbonyl (C=O) groups excluding carboxylic acids is 1. The van der Waals surface area contributed by atoms with Crippen LogP contribution in [0.3, 0.4) is 0 Å². The highest BCUT2D eigenvalue weighted by molar-refractivity contribution is 6.07. The number of rotatable bonds is 4. The Morgan fingerprint density at radius 2 is 1.76 bits per heavy atom. The Morgan fingerprint density at radius 1 is 1.03 bits per heavy atom. The lowest BCUT2D eigenvalue weighted by Gasteiger charge is -2.26. The molecule has 2 aromatic carbocycles. The Labute approximate surface area is 216 Å². The maximum atomic E-state index is 14.9. The van der Waals surface area contributed by atoms with Crippen molar-refractivity contribution in [2.75, 3.05) is 40.3 Å². The zero-order chi connectivity index (χ0) is 26.0. The van der Waals surface area contributed by atoms with Gasteiger partial charge in [-0.2, -0.15) is 0 Å². The lowest BCUT2D eigenvalue weighted by Crippen LogP contribution is -2.35. The average Bonchev–Trinajstić information content (AvgIpc) is 3.64. The van der Waals surface area contributed by atoms with E-state index in [4.69, 9.17) is 0 Å². The Balaban J connectivity index is 1.35. The van der Waals surface area contributed by atoms with Crippen LogP contribution in [0, 0.1) is 5.82 Å². The summed E-state index contributed by atoms with van der Waals surface area (Å²) in [5.74, 6) is -0.0742. The maximum Gasteiger partial charge on any atom is 0.256 e. The molecule has 8 heteroatoms. The first-order chi connectivity index (χ1) is 17.7. The fourth-order valence-corrected chi connectivity index (χ4v) is 6.95. The zero-order valence-electron chi connectivity index (χ0n) is 21.6. The molecule has 1 aromatic heterocycles. The lowest BCUT2D eigenvalue weighted by molar-refractivity contribution is 0.0572. The van der Waals surface area contributed by atoms with Crippen molar-refractivity contribution in [1.29, 1.82) is 0 Å². The largest absolute Gasteiger partial charge is 0.388 e. The second kappa shape index (κ2) is 9.20. The van der Waals surface area contributed by atoms with Gasteiger partial charge in [0.25, 0.3) is 5.91 Å². The molecule has 7 nitrogen and oxygen atoms in total. The molecule has 0 spiro atoms. The van der Waals surface area contributed by atoms with Crippen LogP contribution in [-0.2, 0) is 13.5 Å². The molecule has 37 heavy (non-hydrogen) atoms. The van der Waals surface area contributed by atoms with Gasteiger partial charge < -0.3 is 24.6 Å². The number of amides is 1. The SMILES string of the molecule is CN(C)[C@H]1CN(C2CCc3cccc(F)c32)C[C@@H]1c1cn(C)c2c(C(=O)N3C[C@H](O)[C@@H](O)C3)cccc12. The van der Waals surface area contributed by atoms with Crippen molar-refractivity contribution in [1.82, 2.24) is 19.3 Å². The number of hydrogen-bond donors (Lipinski definition) is 2. The number of likely N-dealkylation sites (N-methyl/N-ethyl adjacent to an activating group) is 1. The number of halogens is 1. The monoisotopic (exact) mass is 506 g/mol. The first-order valence-electron chi connectivity index (χ1n) is 13.2. The number of aromatic nitrogens is 1. The van der Waals surface area contributed by atoms with Gasteiger partial charge in [0.1, 0.15) is 5.82 Å². The van der Waals surface area contributed by atoms with Crippen molar-refractivity contribution < 1.29 is 19.4 Å². The third kappa shape index (κ3) is 3.98. The van der Waals surface area contributed by atoms with E-state index in [2.05, 4.69) is 42.2 Å². The van der Waals surface area contributed by atoms with Crippen LogP contribution in [0.1, 0.15) is 45.4 Å². The van der Waals surface area contributed by atoms with Crippen LogP contribution >= 0.6 is 0 Å². The fourth-order valence-electron chi connectivity index (χ4n) is 6.95. The number of hydrogen-bond acceptors (Lipinski definition) is 5. The summed E-state index contributed by atoms with van der Waals surface area (Å²) >= 11 is 0. The molecule has 3 aliphatic rings. The Kier molecular flexibility index (Phi) is 6.11. The van der Waals surface area contributed by atoms with Gasteiger partial charge in [0.2, 0.25) is 0 Å². The number of aryl methyl sites for hydroxylation is 2.